The van der Waals surface area contributed by atoms with Crippen LogP contribution >= 0.6 is 0 Å². The van der Waals surface area contributed by atoms with Gasteiger partial charge in [0.15, 0.2) is 5.82 Å². The summed E-state index contributed by atoms with van der Waals surface area (Å²) in [6.45, 7) is 1.72. The molecule has 0 radical (unpaired) electrons. The smallest absolute Gasteiger partial charge is 0.267 e. The van der Waals surface area contributed by atoms with E-state index in [1.807, 2.05) is 0 Å². The Hall–Kier alpha value is -3.14. The Balaban J connectivity index is 2.04. The van der Waals surface area contributed by atoms with E-state index in [1.54, 1.807) is 19.1 Å². The highest BCUT2D eigenvalue weighted by atomic mass is 19.1. The summed E-state index contributed by atoms with van der Waals surface area (Å²) in [7, 11) is 0. The van der Waals surface area contributed by atoms with Crippen molar-refractivity contribution in [3.05, 3.63) is 53.7 Å². The summed E-state index contributed by atoms with van der Waals surface area (Å²) in [6, 6.07) is 8.60. The molecule has 7 heteroatoms. The lowest BCUT2D eigenvalue weighted by molar-refractivity contribution is -0.112. The monoisotopic (exact) mass is 286 g/mol. The van der Waals surface area contributed by atoms with Crippen molar-refractivity contribution in [3.8, 4) is 6.07 Å². The predicted octanol–water partition coefficient (Wildman–Crippen LogP) is 2.58. The number of nitrogens with one attached hydrogen (secondary N) is 2. The third kappa shape index (κ3) is 3.91. The summed E-state index contributed by atoms with van der Waals surface area (Å²) in [5.41, 5.74) is 0.236. The van der Waals surface area contributed by atoms with E-state index in [9.17, 15) is 9.18 Å². The number of nitrogens with zero attached hydrogens (tertiary/aromatic N) is 2. The number of hydrogen-bond donors (Lipinski definition) is 2. The zero-order chi connectivity index (χ0) is 15.2. The summed E-state index contributed by atoms with van der Waals surface area (Å²) in [4.78, 5) is 11.9. The number of nitriles is 1. The van der Waals surface area contributed by atoms with Crippen LogP contribution in [-0.4, -0.2) is 11.1 Å². The number of amides is 1. The van der Waals surface area contributed by atoms with Crippen LogP contribution in [0.5, 0.6) is 0 Å². The van der Waals surface area contributed by atoms with E-state index in [1.165, 1.54) is 30.5 Å². The van der Waals surface area contributed by atoms with Gasteiger partial charge in [-0.3, -0.25) is 4.79 Å². The van der Waals surface area contributed by atoms with E-state index >= 15 is 0 Å². The number of aromatic nitrogens is 1. The molecule has 2 rings (SSSR count). The van der Waals surface area contributed by atoms with Gasteiger partial charge in [-0.25, -0.2) is 4.39 Å². The van der Waals surface area contributed by atoms with Crippen LogP contribution in [0.15, 0.2) is 46.6 Å². The molecule has 0 aliphatic carbocycles. The minimum Gasteiger partial charge on any atom is -0.360 e. The summed E-state index contributed by atoms with van der Waals surface area (Å²) >= 11 is 0. The van der Waals surface area contributed by atoms with Crippen LogP contribution in [0.3, 0.4) is 0 Å². The summed E-state index contributed by atoms with van der Waals surface area (Å²) < 4.78 is 17.6. The van der Waals surface area contributed by atoms with Crippen molar-refractivity contribution in [1.82, 2.24) is 5.16 Å². The highest BCUT2D eigenvalue weighted by molar-refractivity contribution is 6.06. The molecule has 1 aromatic heterocycles. The highest BCUT2D eigenvalue weighted by Crippen LogP contribution is 2.11. The topological polar surface area (TPSA) is 91.0 Å². The molecule has 0 atom stereocenters. The standard InChI is InChI=1S/C14H11FN4O2/c1-9-6-13(19-21-9)17-8-10(7-16)14(20)18-12-4-2-11(15)3-5-12/h2-6,8H,1H3,(H,17,19)(H,18,20)/b10-8-. The van der Waals surface area contributed by atoms with Gasteiger partial charge in [-0.2, -0.15) is 5.26 Å². The van der Waals surface area contributed by atoms with Crippen LogP contribution < -0.4 is 10.6 Å². The van der Waals surface area contributed by atoms with Crippen LogP contribution in [0, 0.1) is 24.1 Å². The Kier molecular flexibility index (Phi) is 4.31. The van der Waals surface area contributed by atoms with Crippen LogP contribution in [0.4, 0.5) is 15.9 Å². The van der Waals surface area contributed by atoms with Gasteiger partial charge in [0.25, 0.3) is 5.91 Å². The Morgan fingerprint density at radius 2 is 2.14 bits per heavy atom. The van der Waals surface area contributed by atoms with Crippen molar-refractivity contribution in [2.24, 2.45) is 0 Å². The lowest BCUT2D eigenvalue weighted by Gasteiger charge is -2.04. The SMILES string of the molecule is Cc1cc(N/C=C(/C#N)C(=O)Nc2ccc(F)cc2)no1. The first-order chi connectivity index (χ1) is 10.1. The molecule has 0 saturated heterocycles. The van der Waals surface area contributed by atoms with Gasteiger partial charge in [0, 0.05) is 18.0 Å². The van der Waals surface area contributed by atoms with Crippen molar-refractivity contribution in [3.63, 3.8) is 0 Å². The van der Waals surface area contributed by atoms with E-state index < -0.39 is 11.7 Å². The largest absolute Gasteiger partial charge is 0.360 e. The van der Waals surface area contributed by atoms with Gasteiger partial charge < -0.3 is 15.2 Å². The van der Waals surface area contributed by atoms with Gasteiger partial charge in [-0.15, -0.1) is 0 Å². The normalized spacial score (nSPS) is 10.8. The Morgan fingerprint density at radius 1 is 1.43 bits per heavy atom. The first kappa shape index (κ1) is 14.3. The lowest BCUT2D eigenvalue weighted by Crippen LogP contribution is -2.14. The fourth-order valence-corrected chi connectivity index (χ4v) is 1.46. The highest BCUT2D eigenvalue weighted by Gasteiger charge is 2.09. The molecular weight excluding hydrogens is 275 g/mol. The first-order valence-corrected chi connectivity index (χ1v) is 5.95. The number of carbonyl (C=O) groups is 1. The third-order valence-corrected chi connectivity index (χ3v) is 2.46. The quantitative estimate of drug-likeness (QED) is 0.666. The fraction of sp³-hybridized carbons (Fsp3) is 0.0714. The number of carbonyl (C=O) groups excluding carboxylic acids is 1. The molecule has 1 amide bonds. The molecule has 2 aromatic rings. The van der Waals surface area contributed by atoms with Crippen molar-refractivity contribution in [2.75, 3.05) is 10.6 Å². The van der Waals surface area contributed by atoms with Crippen LogP contribution in [0.25, 0.3) is 0 Å². The molecule has 106 valence electrons. The Bertz CT molecular complexity index is 713. The number of halogens is 1. The number of aryl methyl sites for hydroxylation is 1. The first-order valence-electron chi connectivity index (χ1n) is 5.95. The minimum absolute atomic E-state index is 0.153. The average Bonchev–Trinajstić information content (AvgIpc) is 2.88. The molecule has 0 aliphatic heterocycles. The predicted molar refractivity (Wildman–Crippen MR) is 73.6 cm³/mol. The van der Waals surface area contributed by atoms with Crippen molar-refractivity contribution >= 4 is 17.4 Å². The zero-order valence-corrected chi connectivity index (χ0v) is 11.1. The molecule has 2 N–H and O–H groups in total. The van der Waals surface area contributed by atoms with E-state index in [4.69, 9.17) is 9.78 Å². The number of benzene rings is 1. The van der Waals surface area contributed by atoms with Crippen LogP contribution in [0.2, 0.25) is 0 Å². The molecule has 6 nitrogen and oxygen atoms in total. The van der Waals surface area contributed by atoms with E-state index in [2.05, 4.69) is 15.8 Å². The van der Waals surface area contributed by atoms with Gasteiger partial charge in [-0.1, -0.05) is 5.16 Å². The fourth-order valence-electron chi connectivity index (χ4n) is 1.46. The number of anilines is 2. The molecule has 0 bridgehead atoms. The zero-order valence-electron chi connectivity index (χ0n) is 11.1. The average molecular weight is 286 g/mol. The molecule has 0 spiro atoms. The second kappa shape index (κ2) is 6.34. The Labute approximate surface area is 119 Å². The van der Waals surface area contributed by atoms with Gasteiger partial charge in [-0.05, 0) is 31.2 Å². The minimum atomic E-state index is -0.614. The van der Waals surface area contributed by atoms with Crippen molar-refractivity contribution < 1.29 is 13.7 Å². The van der Waals surface area contributed by atoms with Crippen molar-refractivity contribution in [2.45, 2.75) is 6.92 Å². The molecule has 21 heavy (non-hydrogen) atoms. The van der Waals surface area contributed by atoms with E-state index in [0.717, 1.165) is 0 Å². The molecule has 0 saturated carbocycles. The van der Waals surface area contributed by atoms with Crippen LogP contribution in [0.1, 0.15) is 5.76 Å². The number of rotatable bonds is 4. The van der Waals surface area contributed by atoms with Crippen LogP contribution in [-0.2, 0) is 4.79 Å². The second-order valence-corrected chi connectivity index (χ2v) is 4.10. The van der Waals surface area contributed by atoms with Gasteiger partial charge in [0.2, 0.25) is 0 Å². The summed E-state index contributed by atoms with van der Waals surface area (Å²) in [6.07, 6.45) is 1.22. The molecule has 1 heterocycles. The third-order valence-electron chi connectivity index (χ3n) is 2.46. The van der Waals surface area contributed by atoms with Crippen molar-refractivity contribution in [1.29, 1.82) is 5.26 Å². The molecular formula is C14H11FN4O2. The maximum Gasteiger partial charge on any atom is 0.267 e. The summed E-state index contributed by atoms with van der Waals surface area (Å²) in [5, 5.41) is 17.8. The van der Waals surface area contributed by atoms with Gasteiger partial charge in [0.1, 0.15) is 23.2 Å². The molecule has 0 aliphatic rings. The lowest BCUT2D eigenvalue weighted by atomic mass is 10.2. The van der Waals surface area contributed by atoms with E-state index in [-0.39, 0.29) is 5.57 Å². The second-order valence-electron chi connectivity index (χ2n) is 4.10. The van der Waals surface area contributed by atoms with Gasteiger partial charge >= 0.3 is 0 Å². The maximum absolute atomic E-state index is 12.8. The maximum atomic E-state index is 12.8. The summed E-state index contributed by atoms with van der Waals surface area (Å²) in [5.74, 6) is -0.0426. The van der Waals surface area contributed by atoms with Gasteiger partial charge in [0.05, 0.1) is 0 Å². The Morgan fingerprint density at radius 3 is 2.71 bits per heavy atom. The van der Waals surface area contributed by atoms with E-state index in [0.29, 0.717) is 17.3 Å². The molecule has 0 fully saturated rings. The molecule has 0 unspecified atom stereocenters. The number of hydrogen-bond acceptors (Lipinski definition) is 5. The molecule has 1 aromatic carbocycles.